The summed E-state index contributed by atoms with van der Waals surface area (Å²) >= 11 is 0. The summed E-state index contributed by atoms with van der Waals surface area (Å²) in [5.74, 6) is 0. The maximum Gasteiger partial charge on any atom is 0.137 e. The summed E-state index contributed by atoms with van der Waals surface area (Å²) in [6.45, 7) is 25.2. The third-order valence-electron chi connectivity index (χ3n) is 6.95. The Morgan fingerprint density at radius 2 is 1.38 bits per heavy atom. The second-order valence-corrected chi connectivity index (χ2v) is 21.4. The van der Waals surface area contributed by atoms with Gasteiger partial charge in [-0.2, -0.15) is 0 Å². The first-order valence-corrected chi connectivity index (χ1v) is 14.9. The minimum atomic E-state index is -1.95. The second kappa shape index (κ2) is 7.20. The molecule has 1 heterocycles. The maximum absolute atomic E-state index is 12.7. The van der Waals surface area contributed by atoms with Gasteiger partial charge in [0.1, 0.15) is 13.5 Å². The van der Waals surface area contributed by atoms with E-state index in [1.54, 1.807) is 0 Å². The molecule has 0 aromatic heterocycles. The zero-order chi connectivity index (χ0) is 19.1. The Morgan fingerprint density at radius 3 is 1.71 bits per heavy atom. The van der Waals surface area contributed by atoms with Crippen molar-refractivity contribution in [1.82, 2.24) is 0 Å². The Kier molecular flexibility index (Phi) is 6.55. The van der Waals surface area contributed by atoms with Gasteiger partial charge < -0.3 is 9.53 Å². The molecular formula is C20H40O2Si2. The van der Waals surface area contributed by atoms with E-state index in [1.165, 1.54) is 0 Å². The third kappa shape index (κ3) is 3.80. The van der Waals surface area contributed by atoms with Crippen LogP contribution in [-0.2, 0) is 9.53 Å². The molecule has 140 valence electrons. The molecule has 0 saturated carbocycles. The molecule has 1 fully saturated rings. The summed E-state index contributed by atoms with van der Waals surface area (Å²) in [6, 6.07) is 0. The first-order chi connectivity index (χ1) is 10.7. The average Bonchev–Trinajstić information content (AvgIpc) is 3.13. The third-order valence-corrected chi connectivity index (χ3v) is 19.5. The molecule has 1 rings (SSSR count). The Balaban J connectivity index is 2.94. The number of ether oxygens (including phenoxy) is 1. The van der Waals surface area contributed by atoms with Crippen LogP contribution < -0.4 is 0 Å². The summed E-state index contributed by atoms with van der Waals surface area (Å²) in [5.41, 5.74) is 2.45. The number of hydrogen-bond donors (Lipinski definition) is 0. The van der Waals surface area contributed by atoms with Gasteiger partial charge in [-0.05, 0) is 27.7 Å². The molecule has 0 aromatic rings. The van der Waals surface area contributed by atoms with E-state index in [2.05, 4.69) is 81.5 Å². The van der Waals surface area contributed by atoms with E-state index in [0.717, 1.165) is 0 Å². The number of rotatable bonds is 7. The Labute approximate surface area is 152 Å². The zero-order valence-corrected chi connectivity index (χ0v) is 19.9. The van der Waals surface area contributed by atoms with Gasteiger partial charge in [-0.1, -0.05) is 81.5 Å². The molecule has 1 aliphatic rings. The summed E-state index contributed by atoms with van der Waals surface area (Å²) in [5, 5.41) is 0.431. The normalized spacial score (nSPS) is 22.9. The lowest BCUT2D eigenvalue weighted by molar-refractivity contribution is -0.108. The van der Waals surface area contributed by atoms with Crippen LogP contribution in [0.4, 0.5) is 0 Å². The molecule has 0 unspecified atom stereocenters. The Hall–Kier alpha value is -0.196. The van der Waals surface area contributed by atoms with Crippen LogP contribution >= 0.6 is 0 Å². The monoisotopic (exact) mass is 368 g/mol. The van der Waals surface area contributed by atoms with Gasteiger partial charge in [0.2, 0.25) is 0 Å². The number of allylic oxidation sites excluding steroid dienone is 1. The fraction of sp³-hybridized carbons (Fsp3) is 0.850. The van der Waals surface area contributed by atoms with Crippen molar-refractivity contribution in [3.05, 3.63) is 12.2 Å². The minimum absolute atomic E-state index is 0.0878. The number of epoxide rings is 1. The van der Waals surface area contributed by atoms with Crippen LogP contribution in [0.15, 0.2) is 12.2 Å². The van der Waals surface area contributed by atoms with E-state index in [4.69, 9.17) is 4.74 Å². The van der Waals surface area contributed by atoms with Crippen LogP contribution in [0.1, 0.15) is 62.3 Å². The highest BCUT2D eigenvalue weighted by atomic mass is 28.3. The summed E-state index contributed by atoms with van der Waals surface area (Å²) in [7, 11) is -3.54. The fourth-order valence-corrected chi connectivity index (χ4v) is 12.7. The van der Waals surface area contributed by atoms with Crippen molar-refractivity contribution in [2.75, 3.05) is 0 Å². The van der Waals surface area contributed by atoms with Gasteiger partial charge in [-0.15, -0.1) is 0 Å². The van der Waals surface area contributed by atoms with Crippen LogP contribution in [0.25, 0.3) is 0 Å². The largest absolute Gasteiger partial charge is 0.369 e. The van der Waals surface area contributed by atoms with E-state index < -0.39 is 16.1 Å². The van der Waals surface area contributed by atoms with Crippen molar-refractivity contribution in [2.24, 2.45) is 0 Å². The molecule has 24 heavy (non-hydrogen) atoms. The van der Waals surface area contributed by atoms with Gasteiger partial charge in [-0.25, -0.2) is 0 Å². The highest BCUT2D eigenvalue weighted by Crippen LogP contribution is 2.51. The smallest absolute Gasteiger partial charge is 0.137 e. The van der Waals surface area contributed by atoms with Gasteiger partial charge in [0.25, 0.3) is 0 Å². The van der Waals surface area contributed by atoms with Crippen LogP contribution in [0.5, 0.6) is 0 Å². The zero-order valence-electron chi connectivity index (χ0n) is 17.9. The van der Waals surface area contributed by atoms with Gasteiger partial charge >= 0.3 is 0 Å². The van der Waals surface area contributed by atoms with Crippen LogP contribution in [0.2, 0.25) is 34.8 Å². The summed E-state index contributed by atoms with van der Waals surface area (Å²) < 4.78 is 6.15. The molecule has 0 aromatic carbocycles. The van der Waals surface area contributed by atoms with E-state index in [1.807, 2.05) is 6.08 Å². The molecule has 0 N–H and O–H groups in total. The summed E-state index contributed by atoms with van der Waals surface area (Å²) in [6.07, 6.45) is 4.09. The Bertz CT molecular complexity index is 463. The SMILES string of the molecule is CC(C)[Si](C(C)C)(C(C)C)[C@H]1O[C@H]1/C=C/C(=O)[Si](C)(C)C(C)(C)C. The van der Waals surface area contributed by atoms with E-state index in [0.29, 0.717) is 27.8 Å². The average molecular weight is 369 g/mol. The second-order valence-electron chi connectivity index (χ2n) is 10.1. The van der Waals surface area contributed by atoms with E-state index in [-0.39, 0.29) is 11.1 Å². The number of hydrogen-bond acceptors (Lipinski definition) is 2. The molecule has 0 radical (unpaired) electrons. The maximum atomic E-state index is 12.7. The van der Waals surface area contributed by atoms with Gasteiger partial charge in [0.05, 0.1) is 19.9 Å². The summed E-state index contributed by atoms with van der Waals surface area (Å²) in [4.78, 5) is 12.7. The van der Waals surface area contributed by atoms with Crippen molar-refractivity contribution in [3.8, 4) is 0 Å². The van der Waals surface area contributed by atoms with Crippen LogP contribution in [0, 0.1) is 0 Å². The van der Waals surface area contributed by atoms with Crippen molar-refractivity contribution >= 4 is 21.6 Å². The number of carbonyl (C=O) groups excluding carboxylic acids is 1. The molecule has 2 nitrogen and oxygen atoms in total. The lowest BCUT2D eigenvalue weighted by atomic mass is 10.2. The van der Waals surface area contributed by atoms with Crippen molar-refractivity contribution in [1.29, 1.82) is 0 Å². The highest BCUT2D eigenvalue weighted by Gasteiger charge is 2.59. The Morgan fingerprint density at radius 1 is 0.958 bits per heavy atom. The molecule has 0 aliphatic carbocycles. The van der Waals surface area contributed by atoms with Gasteiger partial charge in [0.15, 0.2) is 0 Å². The van der Waals surface area contributed by atoms with Crippen molar-refractivity contribution in [2.45, 2.75) is 109 Å². The van der Waals surface area contributed by atoms with Crippen molar-refractivity contribution < 1.29 is 9.53 Å². The predicted octanol–water partition coefficient (Wildman–Crippen LogP) is 6.14. The standard InChI is InChI=1S/C20H40O2Si2/c1-14(2)24(15(3)4,16(5)6)19-17(22-19)12-13-18(21)23(10,11)20(7,8)9/h12-17,19H,1-11H3/b13-12+/t17-,19+/m0/s1. The quantitative estimate of drug-likeness (QED) is 0.306. The van der Waals surface area contributed by atoms with E-state index >= 15 is 0 Å². The number of carbonyl (C=O) groups is 1. The van der Waals surface area contributed by atoms with Crippen molar-refractivity contribution in [3.63, 3.8) is 0 Å². The molecule has 0 bridgehead atoms. The lowest BCUT2D eigenvalue weighted by Gasteiger charge is -2.42. The molecular weight excluding hydrogens is 328 g/mol. The molecule has 1 saturated heterocycles. The fourth-order valence-electron chi connectivity index (χ4n) is 4.42. The molecule has 1 aliphatic heterocycles. The van der Waals surface area contributed by atoms with Crippen LogP contribution in [0.3, 0.4) is 0 Å². The molecule has 0 amide bonds. The van der Waals surface area contributed by atoms with Gasteiger partial charge in [0, 0.05) is 0 Å². The minimum Gasteiger partial charge on any atom is -0.369 e. The first-order valence-electron chi connectivity index (χ1n) is 9.58. The lowest BCUT2D eigenvalue weighted by Crippen LogP contribution is -2.51. The molecule has 0 spiro atoms. The van der Waals surface area contributed by atoms with Crippen LogP contribution in [-0.4, -0.2) is 33.4 Å². The van der Waals surface area contributed by atoms with E-state index in [9.17, 15) is 4.79 Å². The topological polar surface area (TPSA) is 29.6 Å². The molecule has 4 heteroatoms. The molecule has 2 atom stereocenters. The predicted molar refractivity (Wildman–Crippen MR) is 111 cm³/mol. The highest BCUT2D eigenvalue weighted by molar-refractivity contribution is 7.07. The first kappa shape index (κ1) is 21.8. The van der Waals surface area contributed by atoms with Gasteiger partial charge in [-0.3, -0.25) is 0 Å².